The number of nitrogen functional groups attached to an aromatic ring is 1. The van der Waals surface area contributed by atoms with Gasteiger partial charge in [0, 0.05) is 28.5 Å². The molecule has 0 aliphatic carbocycles. The van der Waals surface area contributed by atoms with E-state index in [9.17, 15) is 9.59 Å². The Morgan fingerprint density at radius 1 is 1.08 bits per heavy atom. The highest BCUT2D eigenvalue weighted by molar-refractivity contribution is 6.32. The van der Waals surface area contributed by atoms with Crippen LogP contribution in [-0.2, 0) is 13.0 Å². The molecule has 1 heterocycles. The maximum atomic E-state index is 12.9. The van der Waals surface area contributed by atoms with Crippen LogP contribution in [0.5, 0.6) is 0 Å². The molecule has 0 radical (unpaired) electrons. The van der Waals surface area contributed by atoms with Crippen LogP contribution in [0, 0.1) is 6.92 Å². The fourth-order valence-electron chi connectivity index (χ4n) is 3.97. The molecule has 3 amide bonds. The smallest absolute Gasteiger partial charge is 0.409 e. The number of hydrogen-bond acceptors (Lipinski definition) is 4. The molecule has 9 nitrogen and oxygen atoms in total. The van der Waals surface area contributed by atoms with Crippen molar-refractivity contribution in [2.75, 3.05) is 11.1 Å². The molecule has 4 rings (SSSR count). The number of carbonyl (C=O) groups is 2. The van der Waals surface area contributed by atoms with Crippen molar-refractivity contribution in [3.05, 3.63) is 99.4 Å². The lowest BCUT2D eigenvalue weighted by atomic mass is 10.1. The summed E-state index contributed by atoms with van der Waals surface area (Å²) in [6, 6.07) is 19.0. The number of benzene rings is 3. The van der Waals surface area contributed by atoms with Crippen LogP contribution in [0.15, 0.2) is 66.7 Å². The van der Waals surface area contributed by atoms with E-state index >= 15 is 0 Å². The van der Waals surface area contributed by atoms with Gasteiger partial charge in [0.25, 0.3) is 0 Å². The van der Waals surface area contributed by atoms with E-state index in [-0.39, 0.29) is 6.54 Å². The van der Waals surface area contributed by atoms with Gasteiger partial charge in [0.1, 0.15) is 16.7 Å². The van der Waals surface area contributed by atoms with Crippen molar-refractivity contribution in [2.24, 2.45) is 0 Å². The van der Waals surface area contributed by atoms with Crippen LogP contribution < -0.4 is 21.7 Å². The zero-order valence-corrected chi connectivity index (χ0v) is 21.9. The molecule has 0 aliphatic rings. The number of aryl methyl sites for hydroxylation is 1. The summed E-state index contributed by atoms with van der Waals surface area (Å²) in [5, 5.41) is 18.0. The topological polar surface area (TPSA) is 145 Å². The largest absolute Gasteiger partial charge is 0.465 e. The molecule has 3 aromatic carbocycles. The second kappa shape index (κ2) is 11.9. The standard InChI is InChI=1S/C27H26Cl2N6O3/c1-15-11-17(7-10-21(15)33-27(37)38)23-24(29)35-25(34-23)22(12-16-5-3-2-4-6-16)32-26(36)31-14-18-13-19(28)8-9-20(18)30/h2-11,13,22,33H,12,14,30H2,1H3,(H,34,35)(H,37,38)(H2,31,32,36). The number of carbonyl (C=O) groups excluding carboxylic acids is 1. The van der Waals surface area contributed by atoms with E-state index in [1.165, 1.54) is 0 Å². The first-order valence-corrected chi connectivity index (χ1v) is 12.4. The lowest BCUT2D eigenvalue weighted by molar-refractivity contribution is 0.209. The number of aromatic nitrogens is 2. The third-order valence-corrected chi connectivity index (χ3v) is 6.39. The number of H-pyrrole nitrogens is 1. The van der Waals surface area contributed by atoms with Crippen LogP contribution in [0.25, 0.3) is 11.3 Å². The second-order valence-electron chi connectivity index (χ2n) is 8.66. The van der Waals surface area contributed by atoms with Crippen LogP contribution in [0.1, 0.15) is 28.6 Å². The molecule has 4 aromatic rings. The molecule has 1 unspecified atom stereocenters. The van der Waals surface area contributed by atoms with E-state index in [0.29, 0.717) is 56.2 Å². The Labute approximate surface area is 229 Å². The van der Waals surface area contributed by atoms with Gasteiger partial charge in [0.2, 0.25) is 0 Å². The molecular formula is C27H26Cl2N6O3. The summed E-state index contributed by atoms with van der Waals surface area (Å²) in [5.74, 6) is 0.469. The Hall–Kier alpha value is -4.21. The molecule has 0 aliphatic heterocycles. The SMILES string of the molecule is Cc1cc(-c2nc(C(Cc3ccccc3)NC(=O)NCc3cc(Cl)ccc3N)[nH]c2Cl)ccc1NC(=O)O. The number of anilines is 2. The number of rotatable bonds is 8. The molecule has 38 heavy (non-hydrogen) atoms. The van der Waals surface area contributed by atoms with Gasteiger partial charge < -0.3 is 26.5 Å². The van der Waals surface area contributed by atoms with Crippen molar-refractivity contribution in [1.82, 2.24) is 20.6 Å². The first-order chi connectivity index (χ1) is 18.2. The minimum absolute atomic E-state index is 0.191. The lowest BCUT2D eigenvalue weighted by Crippen LogP contribution is -2.39. The van der Waals surface area contributed by atoms with Crippen LogP contribution in [-0.4, -0.2) is 27.2 Å². The summed E-state index contributed by atoms with van der Waals surface area (Å²) in [6.07, 6.45) is -0.691. The average Bonchev–Trinajstić information content (AvgIpc) is 3.27. The molecule has 11 heteroatoms. The minimum atomic E-state index is -1.15. The predicted octanol–water partition coefficient (Wildman–Crippen LogP) is 6.15. The molecule has 1 aromatic heterocycles. The van der Waals surface area contributed by atoms with Gasteiger partial charge in [-0.1, -0.05) is 59.6 Å². The van der Waals surface area contributed by atoms with Gasteiger partial charge in [-0.05, 0) is 60.4 Å². The normalized spacial score (nSPS) is 11.6. The number of urea groups is 1. The van der Waals surface area contributed by atoms with Crippen molar-refractivity contribution in [2.45, 2.75) is 25.9 Å². The number of imidazole rings is 1. The third kappa shape index (κ3) is 6.76. The van der Waals surface area contributed by atoms with E-state index in [2.05, 4.69) is 20.9 Å². The average molecular weight is 553 g/mol. The van der Waals surface area contributed by atoms with E-state index < -0.39 is 18.2 Å². The fourth-order valence-corrected chi connectivity index (χ4v) is 4.41. The van der Waals surface area contributed by atoms with Crippen LogP contribution in [0.4, 0.5) is 21.0 Å². The number of nitrogens with zero attached hydrogens (tertiary/aromatic N) is 1. The van der Waals surface area contributed by atoms with Crippen LogP contribution in [0.3, 0.4) is 0 Å². The number of carboxylic acid groups (broad SMARTS) is 1. The van der Waals surface area contributed by atoms with Crippen LogP contribution in [0.2, 0.25) is 10.2 Å². The zero-order chi connectivity index (χ0) is 27.2. The van der Waals surface area contributed by atoms with Gasteiger partial charge in [0.15, 0.2) is 0 Å². The summed E-state index contributed by atoms with van der Waals surface area (Å²) in [7, 11) is 0. The van der Waals surface area contributed by atoms with E-state index in [0.717, 1.165) is 5.56 Å². The summed E-state index contributed by atoms with van der Waals surface area (Å²) >= 11 is 12.6. The molecule has 0 fully saturated rings. The van der Waals surface area contributed by atoms with Gasteiger partial charge in [0.05, 0.1) is 6.04 Å². The van der Waals surface area contributed by atoms with Crippen LogP contribution >= 0.6 is 23.2 Å². The van der Waals surface area contributed by atoms with Gasteiger partial charge >= 0.3 is 12.1 Å². The van der Waals surface area contributed by atoms with Gasteiger partial charge in [-0.3, -0.25) is 5.32 Å². The Bertz CT molecular complexity index is 1460. The van der Waals surface area contributed by atoms with Gasteiger partial charge in [-0.15, -0.1) is 0 Å². The highest BCUT2D eigenvalue weighted by atomic mass is 35.5. The summed E-state index contributed by atoms with van der Waals surface area (Å²) < 4.78 is 0. The summed E-state index contributed by atoms with van der Waals surface area (Å²) in [4.78, 5) is 31.7. The number of hydrogen-bond donors (Lipinski definition) is 6. The first-order valence-electron chi connectivity index (χ1n) is 11.7. The van der Waals surface area contributed by atoms with Crippen molar-refractivity contribution in [3.63, 3.8) is 0 Å². The van der Waals surface area contributed by atoms with E-state index in [4.69, 9.17) is 39.0 Å². The Kier molecular flexibility index (Phi) is 8.40. The second-order valence-corrected chi connectivity index (χ2v) is 9.47. The molecule has 0 saturated carbocycles. The monoisotopic (exact) mass is 552 g/mol. The number of halogens is 2. The van der Waals surface area contributed by atoms with E-state index in [1.54, 1.807) is 43.3 Å². The first kappa shape index (κ1) is 26.8. The summed E-state index contributed by atoms with van der Waals surface area (Å²) in [6.45, 7) is 1.98. The molecule has 0 spiro atoms. The van der Waals surface area contributed by atoms with Crippen molar-refractivity contribution in [1.29, 1.82) is 0 Å². The van der Waals surface area contributed by atoms with Gasteiger partial charge in [-0.25, -0.2) is 14.6 Å². The Morgan fingerprint density at radius 3 is 2.55 bits per heavy atom. The molecule has 0 bridgehead atoms. The molecule has 7 N–H and O–H groups in total. The molecule has 0 saturated heterocycles. The minimum Gasteiger partial charge on any atom is -0.465 e. The maximum Gasteiger partial charge on any atom is 0.409 e. The number of aromatic amines is 1. The molecule has 196 valence electrons. The quantitative estimate of drug-likeness (QED) is 0.145. The Balaban J connectivity index is 1.57. The lowest BCUT2D eigenvalue weighted by Gasteiger charge is -2.18. The highest BCUT2D eigenvalue weighted by Crippen LogP contribution is 2.31. The summed E-state index contributed by atoms with van der Waals surface area (Å²) in [5.41, 5.74) is 10.6. The predicted molar refractivity (Wildman–Crippen MR) is 150 cm³/mol. The van der Waals surface area contributed by atoms with Gasteiger partial charge in [-0.2, -0.15) is 0 Å². The molecule has 1 atom stereocenters. The van der Waals surface area contributed by atoms with Crippen molar-refractivity contribution in [3.8, 4) is 11.3 Å². The Morgan fingerprint density at radius 2 is 1.84 bits per heavy atom. The molecular weight excluding hydrogens is 527 g/mol. The fraction of sp³-hybridized carbons (Fsp3) is 0.148. The van der Waals surface area contributed by atoms with Crippen molar-refractivity contribution < 1.29 is 14.7 Å². The number of nitrogens with two attached hydrogens (primary N) is 1. The number of amides is 3. The maximum absolute atomic E-state index is 12.9. The van der Waals surface area contributed by atoms with Crippen molar-refractivity contribution >= 4 is 46.7 Å². The third-order valence-electron chi connectivity index (χ3n) is 5.88. The zero-order valence-electron chi connectivity index (χ0n) is 20.4. The number of nitrogens with one attached hydrogen (secondary N) is 4. The highest BCUT2D eigenvalue weighted by Gasteiger charge is 2.22. The van der Waals surface area contributed by atoms with E-state index in [1.807, 2.05) is 30.3 Å².